The first-order chi connectivity index (χ1) is 14.1. The van der Waals surface area contributed by atoms with Crippen LogP contribution in [0, 0.1) is 0 Å². The molecule has 0 bridgehead atoms. The van der Waals surface area contributed by atoms with Gasteiger partial charge in [0.15, 0.2) is 0 Å². The summed E-state index contributed by atoms with van der Waals surface area (Å²) in [6.45, 7) is 2.27. The molecule has 8 nitrogen and oxygen atoms in total. The standard InChI is InChI=1S/C21H24N6O2/c1-26(2)18-9-12-27(14-18)17-5-3-15(4-6-17)20-24-19(29-25-20)13-23-21(28)16-7-10-22-11-8-16/h3-8,10-11,18H,9,12-14H2,1-2H3,(H,23,28). The van der Waals surface area contributed by atoms with Crippen LogP contribution >= 0.6 is 0 Å². The number of amides is 1. The lowest BCUT2D eigenvalue weighted by molar-refractivity contribution is 0.0946. The number of carbonyl (C=O) groups is 1. The molecule has 1 saturated heterocycles. The molecule has 1 atom stereocenters. The maximum atomic E-state index is 12.1. The topological polar surface area (TPSA) is 87.4 Å². The van der Waals surface area contributed by atoms with Crippen LogP contribution in [0.3, 0.4) is 0 Å². The predicted octanol–water partition coefficient (Wildman–Crippen LogP) is 2.20. The lowest BCUT2D eigenvalue weighted by Gasteiger charge is -2.21. The summed E-state index contributed by atoms with van der Waals surface area (Å²) in [5.74, 6) is 0.662. The summed E-state index contributed by atoms with van der Waals surface area (Å²) in [5, 5.41) is 6.80. The van der Waals surface area contributed by atoms with E-state index in [0.717, 1.165) is 18.7 Å². The van der Waals surface area contributed by atoms with Crippen molar-refractivity contribution in [3.8, 4) is 11.4 Å². The molecule has 1 N–H and O–H groups in total. The number of nitrogens with one attached hydrogen (secondary N) is 1. The van der Waals surface area contributed by atoms with E-state index in [2.05, 4.69) is 56.5 Å². The minimum atomic E-state index is -0.210. The van der Waals surface area contributed by atoms with Gasteiger partial charge in [0, 0.05) is 48.3 Å². The second kappa shape index (κ2) is 8.40. The Morgan fingerprint density at radius 1 is 1.21 bits per heavy atom. The number of anilines is 1. The van der Waals surface area contributed by atoms with Crippen LogP contribution in [0.15, 0.2) is 53.3 Å². The molecule has 3 heterocycles. The first-order valence-corrected chi connectivity index (χ1v) is 9.63. The fraction of sp³-hybridized carbons (Fsp3) is 0.333. The first kappa shape index (κ1) is 19.1. The zero-order valence-corrected chi connectivity index (χ0v) is 16.6. The molecule has 150 valence electrons. The van der Waals surface area contributed by atoms with Gasteiger partial charge in [-0.05, 0) is 56.9 Å². The van der Waals surface area contributed by atoms with Gasteiger partial charge in [-0.25, -0.2) is 0 Å². The summed E-state index contributed by atoms with van der Waals surface area (Å²) in [7, 11) is 4.26. The Hall–Kier alpha value is -3.26. The second-order valence-corrected chi connectivity index (χ2v) is 7.33. The van der Waals surface area contributed by atoms with E-state index in [-0.39, 0.29) is 12.5 Å². The summed E-state index contributed by atoms with van der Waals surface area (Å²) in [5.41, 5.74) is 2.62. The molecule has 1 fully saturated rings. The maximum absolute atomic E-state index is 12.1. The number of carbonyl (C=O) groups excluding carboxylic acids is 1. The number of aromatic nitrogens is 3. The van der Waals surface area contributed by atoms with Gasteiger partial charge < -0.3 is 19.6 Å². The van der Waals surface area contributed by atoms with Crippen LogP contribution in [0.2, 0.25) is 0 Å². The molecule has 4 rings (SSSR count). The van der Waals surface area contributed by atoms with Crippen LogP contribution < -0.4 is 10.2 Å². The van der Waals surface area contributed by atoms with Gasteiger partial charge >= 0.3 is 0 Å². The van der Waals surface area contributed by atoms with Crippen molar-refractivity contribution in [1.82, 2.24) is 25.3 Å². The molecule has 1 aromatic carbocycles. The Balaban J connectivity index is 1.36. The van der Waals surface area contributed by atoms with E-state index in [1.165, 1.54) is 12.1 Å². The van der Waals surface area contributed by atoms with E-state index in [1.807, 2.05) is 12.1 Å². The molecule has 29 heavy (non-hydrogen) atoms. The molecule has 1 aliphatic heterocycles. The van der Waals surface area contributed by atoms with Crippen molar-refractivity contribution in [3.05, 3.63) is 60.2 Å². The normalized spacial score (nSPS) is 16.4. The summed E-state index contributed by atoms with van der Waals surface area (Å²) in [4.78, 5) is 25.0. The van der Waals surface area contributed by atoms with Crippen LogP contribution in [0.4, 0.5) is 5.69 Å². The van der Waals surface area contributed by atoms with Crippen molar-refractivity contribution < 1.29 is 9.32 Å². The van der Waals surface area contributed by atoms with Gasteiger partial charge in [-0.2, -0.15) is 4.98 Å². The molecule has 0 aliphatic carbocycles. The number of likely N-dealkylation sites (N-methyl/N-ethyl adjacent to an activating group) is 1. The van der Waals surface area contributed by atoms with Crippen LogP contribution in [-0.2, 0) is 6.54 Å². The third-order valence-electron chi connectivity index (χ3n) is 5.20. The van der Waals surface area contributed by atoms with Crippen molar-refractivity contribution in [2.75, 3.05) is 32.1 Å². The molecule has 1 aliphatic rings. The Morgan fingerprint density at radius 2 is 1.97 bits per heavy atom. The largest absolute Gasteiger partial charge is 0.370 e. The van der Waals surface area contributed by atoms with Crippen molar-refractivity contribution in [2.24, 2.45) is 0 Å². The van der Waals surface area contributed by atoms with E-state index in [1.54, 1.807) is 24.5 Å². The van der Waals surface area contributed by atoms with Crippen molar-refractivity contribution in [1.29, 1.82) is 0 Å². The highest BCUT2D eigenvalue weighted by Crippen LogP contribution is 2.25. The molecule has 8 heteroatoms. The summed E-state index contributed by atoms with van der Waals surface area (Å²) in [6, 6.07) is 12.1. The van der Waals surface area contributed by atoms with Crippen molar-refractivity contribution in [2.45, 2.75) is 19.0 Å². The van der Waals surface area contributed by atoms with Gasteiger partial charge in [0.2, 0.25) is 11.7 Å². The summed E-state index contributed by atoms with van der Waals surface area (Å²) < 4.78 is 5.27. The van der Waals surface area contributed by atoms with Crippen LogP contribution in [-0.4, -0.2) is 59.2 Å². The smallest absolute Gasteiger partial charge is 0.251 e. The lowest BCUT2D eigenvalue weighted by atomic mass is 10.2. The van der Waals surface area contributed by atoms with Gasteiger partial charge in [0.25, 0.3) is 5.91 Å². The number of hydrogen-bond acceptors (Lipinski definition) is 7. The van der Waals surface area contributed by atoms with E-state index >= 15 is 0 Å². The highest BCUT2D eigenvalue weighted by Gasteiger charge is 2.24. The number of nitrogens with zero attached hydrogens (tertiary/aromatic N) is 5. The average Bonchev–Trinajstić information content (AvgIpc) is 3.43. The number of hydrogen-bond donors (Lipinski definition) is 1. The summed E-state index contributed by atoms with van der Waals surface area (Å²) >= 11 is 0. The average molecular weight is 392 g/mol. The van der Waals surface area contributed by atoms with Gasteiger partial charge in [-0.1, -0.05) is 5.16 Å². The zero-order chi connectivity index (χ0) is 20.2. The SMILES string of the molecule is CN(C)C1CCN(c2ccc(-c3noc(CNC(=O)c4ccncc4)n3)cc2)C1. The number of rotatable bonds is 6. The highest BCUT2D eigenvalue weighted by atomic mass is 16.5. The molecule has 0 radical (unpaired) electrons. The zero-order valence-electron chi connectivity index (χ0n) is 16.6. The van der Waals surface area contributed by atoms with E-state index in [9.17, 15) is 4.79 Å². The van der Waals surface area contributed by atoms with Crippen LogP contribution in [0.5, 0.6) is 0 Å². The van der Waals surface area contributed by atoms with Crippen molar-refractivity contribution in [3.63, 3.8) is 0 Å². The van der Waals surface area contributed by atoms with Gasteiger partial charge in [-0.3, -0.25) is 9.78 Å². The highest BCUT2D eigenvalue weighted by molar-refractivity contribution is 5.93. The molecule has 3 aromatic rings. The summed E-state index contributed by atoms with van der Waals surface area (Å²) in [6.07, 6.45) is 4.33. The Labute approximate surface area is 169 Å². The fourth-order valence-electron chi connectivity index (χ4n) is 3.42. The van der Waals surface area contributed by atoms with Gasteiger partial charge in [-0.15, -0.1) is 0 Å². The molecular formula is C21H24N6O2. The van der Waals surface area contributed by atoms with E-state index < -0.39 is 0 Å². The first-order valence-electron chi connectivity index (χ1n) is 9.63. The molecule has 0 spiro atoms. The third kappa shape index (κ3) is 4.43. The van der Waals surface area contributed by atoms with Gasteiger partial charge in [0.05, 0.1) is 6.54 Å². The number of benzene rings is 1. The van der Waals surface area contributed by atoms with E-state index in [0.29, 0.717) is 23.3 Å². The fourth-order valence-corrected chi connectivity index (χ4v) is 3.42. The molecule has 0 saturated carbocycles. The molecule has 1 unspecified atom stereocenters. The Morgan fingerprint density at radius 3 is 2.66 bits per heavy atom. The van der Waals surface area contributed by atoms with Crippen LogP contribution in [0.25, 0.3) is 11.4 Å². The minimum Gasteiger partial charge on any atom is -0.370 e. The van der Waals surface area contributed by atoms with Crippen molar-refractivity contribution >= 4 is 11.6 Å². The monoisotopic (exact) mass is 392 g/mol. The number of pyridine rings is 1. The maximum Gasteiger partial charge on any atom is 0.251 e. The van der Waals surface area contributed by atoms with E-state index in [4.69, 9.17) is 4.52 Å². The quantitative estimate of drug-likeness (QED) is 0.688. The molecule has 1 amide bonds. The third-order valence-corrected chi connectivity index (χ3v) is 5.20. The van der Waals surface area contributed by atoms with Crippen LogP contribution in [0.1, 0.15) is 22.7 Å². The Bertz CT molecular complexity index is 955. The molecule has 2 aromatic heterocycles. The Kier molecular flexibility index (Phi) is 5.53. The predicted molar refractivity (Wildman–Crippen MR) is 109 cm³/mol. The van der Waals surface area contributed by atoms with Gasteiger partial charge in [0.1, 0.15) is 0 Å². The lowest BCUT2D eigenvalue weighted by Crippen LogP contribution is -2.31. The minimum absolute atomic E-state index is 0.173. The molecular weight excluding hydrogens is 368 g/mol. The second-order valence-electron chi connectivity index (χ2n) is 7.33.